The maximum atomic E-state index is 13.4. The lowest BCUT2D eigenvalue weighted by Gasteiger charge is -2.13. The quantitative estimate of drug-likeness (QED) is 0.364. The van der Waals surface area contributed by atoms with Gasteiger partial charge in [-0.3, -0.25) is 9.78 Å². The Morgan fingerprint density at radius 3 is 2.57 bits per heavy atom. The maximum Gasteiger partial charge on any atom is 0.407 e. The van der Waals surface area contributed by atoms with E-state index in [9.17, 15) is 14.0 Å². The molecule has 4 aromatic rings. The summed E-state index contributed by atoms with van der Waals surface area (Å²) in [6, 6.07) is 17.7. The van der Waals surface area contributed by atoms with Gasteiger partial charge in [-0.05, 0) is 48.7 Å². The monoisotopic (exact) mass is 474 g/mol. The lowest BCUT2D eigenvalue weighted by molar-refractivity contribution is -0.118. The van der Waals surface area contributed by atoms with Crippen molar-refractivity contribution in [3.63, 3.8) is 0 Å². The van der Waals surface area contributed by atoms with Crippen LogP contribution < -0.4 is 5.32 Å². The second-order valence-corrected chi connectivity index (χ2v) is 8.37. The van der Waals surface area contributed by atoms with E-state index in [2.05, 4.69) is 15.4 Å². The van der Waals surface area contributed by atoms with E-state index < -0.39 is 6.09 Å². The van der Waals surface area contributed by atoms with Crippen LogP contribution >= 0.6 is 0 Å². The first-order valence-electron chi connectivity index (χ1n) is 11.5. The van der Waals surface area contributed by atoms with Gasteiger partial charge in [0.2, 0.25) is 0 Å². The normalized spacial score (nSPS) is 11.9. The lowest BCUT2D eigenvalue weighted by atomic mass is 9.94. The summed E-state index contributed by atoms with van der Waals surface area (Å²) in [5.74, 6) is -0.197. The van der Waals surface area contributed by atoms with Gasteiger partial charge in [0.1, 0.15) is 23.9 Å². The van der Waals surface area contributed by atoms with Gasteiger partial charge in [-0.15, -0.1) is 0 Å². The first kappa shape index (κ1) is 24.1. The number of nitrogens with one attached hydrogen (secondary N) is 1. The summed E-state index contributed by atoms with van der Waals surface area (Å²) < 4.78 is 20.4. The van der Waals surface area contributed by atoms with Gasteiger partial charge in [-0.25, -0.2) is 13.9 Å². The molecule has 2 heterocycles. The smallest absolute Gasteiger partial charge is 0.407 e. The number of amides is 1. The van der Waals surface area contributed by atoms with Gasteiger partial charge in [0.25, 0.3) is 0 Å². The van der Waals surface area contributed by atoms with Crippen molar-refractivity contribution in [2.75, 3.05) is 6.54 Å². The van der Waals surface area contributed by atoms with Crippen LogP contribution in [0.15, 0.2) is 66.9 Å². The number of aromatic nitrogens is 3. The van der Waals surface area contributed by atoms with Crippen molar-refractivity contribution in [1.29, 1.82) is 0 Å². The number of alkyl carbamates (subject to hydrolysis) is 1. The van der Waals surface area contributed by atoms with E-state index >= 15 is 0 Å². The molecule has 1 atom stereocenters. The van der Waals surface area contributed by atoms with Gasteiger partial charge in [0.15, 0.2) is 0 Å². The Balaban J connectivity index is 1.62. The number of pyridine rings is 1. The number of halogens is 1. The summed E-state index contributed by atoms with van der Waals surface area (Å²) in [4.78, 5) is 29.5. The van der Waals surface area contributed by atoms with E-state index in [1.54, 1.807) is 29.9 Å². The minimum Gasteiger partial charge on any atom is -0.443 e. The molecular formula is C27H27FN4O3. The molecule has 0 saturated carbocycles. The van der Waals surface area contributed by atoms with E-state index in [1.807, 2.05) is 43.3 Å². The first-order valence-corrected chi connectivity index (χ1v) is 11.5. The molecule has 180 valence electrons. The summed E-state index contributed by atoms with van der Waals surface area (Å²) in [6.45, 7) is 4.16. The molecule has 2 aromatic carbocycles. The molecule has 0 aliphatic carbocycles. The Morgan fingerprint density at radius 1 is 1.11 bits per heavy atom. The Bertz CT molecular complexity index is 1320. The van der Waals surface area contributed by atoms with Crippen LogP contribution in [0.2, 0.25) is 0 Å². The molecule has 0 aliphatic rings. The zero-order chi connectivity index (χ0) is 24.8. The molecule has 35 heavy (non-hydrogen) atoms. The molecule has 0 saturated heterocycles. The largest absolute Gasteiger partial charge is 0.443 e. The van der Waals surface area contributed by atoms with Crippen molar-refractivity contribution in [1.82, 2.24) is 20.1 Å². The average Bonchev–Trinajstić information content (AvgIpc) is 3.28. The Labute approximate surface area is 202 Å². The number of carbonyl (C=O) groups is 2. The second kappa shape index (κ2) is 10.9. The van der Waals surface area contributed by atoms with E-state index in [-0.39, 0.29) is 30.5 Å². The summed E-state index contributed by atoms with van der Waals surface area (Å²) >= 11 is 0. The fourth-order valence-corrected chi connectivity index (χ4v) is 4.01. The van der Waals surface area contributed by atoms with Crippen LogP contribution in [0.5, 0.6) is 0 Å². The molecule has 1 N–H and O–H groups in total. The van der Waals surface area contributed by atoms with Crippen molar-refractivity contribution in [2.24, 2.45) is 0 Å². The molecule has 7 nitrogen and oxygen atoms in total. The fraction of sp³-hybridized carbons (Fsp3) is 0.259. The highest BCUT2D eigenvalue weighted by atomic mass is 19.1. The minimum absolute atomic E-state index is 0.0646. The molecule has 0 spiro atoms. The summed E-state index contributed by atoms with van der Waals surface area (Å²) in [5.41, 5.74) is 3.43. The molecule has 0 fully saturated rings. The van der Waals surface area contributed by atoms with Crippen LogP contribution in [0, 0.1) is 5.82 Å². The fourth-order valence-electron chi connectivity index (χ4n) is 4.01. The number of ketones is 1. The van der Waals surface area contributed by atoms with Gasteiger partial charge in [-0.1, -0.05) is 37.3 Å². The van der Waals surface area contributed by atoms with Crippen LogP contribution in [-0.2, 0) is 22.6 Å². The van der Waals surface area contributed by atoms with Crippen molar-refractivity contribution in [3.8, 4) is 5.69 Å². The topological polar surface area (TPSA) is 86.1 Å². The maximum absolute atomic E-state index is 13.4. The van der Waals surface area contributed by atoms with Gasteiger partial charge >= 0.3 is 6.09 Å². The van der Waals surface area contributed by atoms with Crippen molar-refractivity contribution in [3.05, 3.63) is 89.6 Å². The Hall–Kier alpha value is -4.07. The Morgan fingerprint density at radius 2 is 1.86 bits per heavy atom. The highest BCUT2D eigenvalue weighted by molar-refractivity contribution is 5.86. The predicted molar refractivity (Wildman–Crippen MR) is 131 cm³/mol. The third-order valence-corrected chi connectivity index (χ3v) is 5.68. The number of carbonyl (C=O) groups excluding carboxylic acids is 2. The van der Waals surface area contributed by atoms with Crippen LogP contribution in [0.3, 0.4) is 0 Å². The Kier molecular flexibility index (Phi) is 7.50. The van der Waals surface area contributed by atoms with E-state index in [1.165, 1.54) is 12.1 Å². The number of benzene rings is 2. The standard InChI is InChI=1S/C27H27FN4O3/c1-3-29-27(34)35-17-25-26-20(16-30-32(26)23-11-9-21(28)10-12-23)14-22(31-25)15-24(33)13-18(2)19-7-5-4-6-8-19/h4-12,14,16,18H,3,13,15,17H2,1-2H3,(H,29,34)/t18-/m0/s1. The number of ether oxygens (including phenoxy) is 1. The third kappa shape index (κ3) is 5.90. The van der Waals surface area contributed by atoms with Crippen molar-refractivity contribution < 1.29 is 18.7 Å². The minimum atomic E-state index is -0.562. The number of nitrogens with zero attached hydrogens (tertiary/aromatic N) is 3. The summed E-state index contributed by atoms with van der Waals surface area (Å²) in [6.07, 6.45) is 1.65. The molecule has 4 rings (SSSR count). The van der Waals surface area contributed by atoms with Crippen LogP contribution in [0.1, 0.15) is 43.1 Å². The third-order valence-electron chi connectivity index (χ3n) is 5.68. The average molecular weight is 475 g/mol. The number of fused-ring (bicyclic) bond motifs is 1. The second-order valence-electron chi connectivity index (χ2n) is 8.37. The van der Waals surface area contributed by atoms with E-state index in [0.717, 1.165) is 10.9 Å². The number of hydrogen-bond donors (Lipinski definition) is 1. The molecule has 8 heteroatoms. The van der Waals surface area contributed by atoms with Gasteiger partial charge in [0, 0.05) is 30.5 Å². The SMILES string of the molecule is CCNC(=O)OCc1nc(CC(=O)C[C@H](C)c2ccccc2)cc2cnn(-c3ccc(F)cc3)c12. The molecule has 2 aromatic heterocycles. The van der Waals surface area contributed by atoms with E-state index in [0.29, 0.717) is 35.6 Å². The van der Waals surface area contributed by atoms with Crippen LogP contribution in [-0.4, -0.2) is 33.2 Å². The van der Waals surface area contributed by atoms with Crippen molar-refractivity contribution >= 4 is 22.8 Å². The van der Waals surface area contributed by atoms with Gasteiger partial charge < -0.3 is 10.1 Å². The molecule has 0 unspecified atom stereocenters. The van der Waals surface area contributed by atoms with Gasteiger partial charge in [-0.2, -0.15) is 5.10 Å². The number of Topliss-reactive ketones (excluding diaryl/α,β-unsaturated/α-hetero) is 1. The highest BCUT2D eigenvalue weighted by Crippen LogP contribution is 2.25. The van der Waals surface area contributed by atoms with Crippen molar-refractivity contribution in [2.45, 2.75) is 39.2 Å². The molecule has 0 bridgehead atoms. The first-order chi connectivity index (χ1) is 16.9. The van der Waals surface area contributed by atoms with Crippen LogP contribution in [0.25, 0.3) is 16.6 Å². The van der Waals surface area contributed by atoms with Crippen LogP contribution in [0.4, 0.5) is 9.18 Å². The molecular weight excluding hydrogens is 447 g/mol. The van der Waals surface area contributed by atoms with E-state index in [4.69, 9.17) is 4.74 Å². The summed E-state index contributed by atoms with van der Waals surface area (Å²) in [5, 5.41) is 7.78. The molecule has 0 aliphatic heterocycles. The molecule has 1 amide bonds. The zero-order valence-electron chi connectivity index (χ0n) is 19.7. The zero-order valence-corrected chi connectivity index (χ0v) is 19.7. The lowest BCUT2D eigenvalue weighted by Crippen LogP contribution is -2.23. The number of rotatable bonds is 9. The highest BCUT2D eigenvalue weighted by Gasteiger charge is 2.18. The number of hydrogen-bond acceptors (Lipinski definition) is 5. The summed E-state index contributed by atoms with van der Waals surface area (Å²) in [7, 11) is 0. The van der Waals surface area contributed by atoms with Gasteiger partial charge in [0.05, 0.1) is 17.4 Å². The predicted octanol–water partition coefficient (Wildman–Crippen LogP) is 5.11. The molecule has 0 radical (unpaired) electrons.